The van der Waals surface area contributed by atoms with Crippen molar-refractivity contribution >= 4 is 35.6 Å². The zero-order chi connectivity index (χ0) is 16.1. The summed E-state index contributed by atoms with van der Waals surface area (Å²) in [4.78, 5) is 11.3. The summed E-state index contributed by atoms with van der Waals surface area (Å²) in [5, 5.41) is 7.35. The molecule has 0 atom stereocenters. The normalized spacial score (nSPS) is 13.6. The number of aromatic nitrogens is 2. The van der Waals surface area contributed by atoms with Gasteiger partial charge in [0.05, 0.1) is 0 Å². The van der Waals surface area contributed by atoms with E-state index in [0.717, 1.165) is 37.7 Å². The summed E-state index contributed by atoms with van der Waals surface area (Å²) >= 11 is 0. The number of anilines is 1. The minimum absolute atomic E-state index is 0. The molecule has 1 aromatic carbocycles. The second kappa shape index (κ2) is 9.00. The zero-order valence-electron chi connectivity index (χ0n) is 14.2. The first-order chi connectivity index (χ1) is 11.3. The number of hydrogen-bond donors (Lipinski definition) is 1. The molecule has 1 aromatic heterocycles. The molecule has 1 aliphatic rings. The highest BCUT2D eigenvalue weighted by Crippen LogP contribution is 2.27. The summed E-state index contributed by atoms with van der Waals surface area (Å²) in [6.07, 6.45) is 2.52. The van der Waals surface area contributed by atoms with E-state index in [1.165, 1.54) is 11.3 Å². The smallest absolute Gasteiger partial charge is 0.226 e. The lowest BCUT2D eigenvalue weighted by Gasteiger charge is -2.22. The third kappa shape index (κ3) is 4.25. The molecule has 0 unspecified atom stereocenters. The predicted molar refractivity (Wildman–Crippen MR) is 106 cm³/mol. The Morgan fingerprint density at radius 3 is 2.92 bits per heavy atom. The average molecular weight is 441 g/mol. The minimum Gasteiger partial charge on any atom is -0.356 e. The fraction of sp³-hybridized carbons (Fsp3) is 0.471. The van der Waals surface area contributed by atoms with Crippen LogP contribution in [-0.4, -0.2) is 35.7 Å². The maximum absolute atomic E-state index is 5.13. The molecule has 0 spiro atoms. The van der Waals surface area contributed by atoms with E-state index in [1.807, 2.05) is 6.92 Å². The molecule has 2 aromatic rings. The molecule has 0 bridgehead atoms. The zero-order valence-corrected chi connectivity index (χ0v) is 16.5. The van der Waals surface area contributed by atoms with Gasteiger partial charge >= 0.3 is 0 Å². The Bertz CT molecular complexity index is 685. The van der Waals surface area contributed by atoms with Crippen molar-refractivity contribution in [3.05, 3.63) is 41.5 Å². The van der Waals surface area contributed by atoms with Crippen LogP contribution >= 0.6 is 24.0 Å². The fourth-order valence-electron chi connectivity index (χ4n) is 2.75. The van der Waals surface area contributed by atoms with Crippen molar-refractivity contribution in [1.29, 1.82) is 0 Å². The lowest BCUT2D eigenvalue weighted by atomic mass is 10.2. The lowest BCUT2D eigenvalue weighted by Crippen LogP contribution is -2.40. The van der Waals surface area contributed by atoms with Crippen LogP contribution in [0.3, 0.4) is 0 Å². The van der Waals surface area contributed by atoms with Gasteiger partial charge in [-0.2, -0.15) is 4.98 Å². The predicted octanol–water partition coefficient (Wildman–Crippen LogP) is 2.82. The molecule has 7 heteroatoms. The number of aryl methyl sites for hydroxylation is 1. The Labute approximate surface area is 159 Å². The van der Waals surface area contributed by atoms with Crippen LogP contribution in [0.5, 0.6) is 0 Å². The molecule has 24 heavy (non-hydrogen) atoms. The molecule has 0 aliphatic carbocycles. The van der Waals surface area contributed by atoms with Crippen LogP contribution in [-0.2, 0) is 19.3 Å². The largest absolute Gasteiger partial charge is 0.356 e. The van der Waals surface area contributed by atoms with Gasteiger partial charge in [-0.05, 0) is 25.0 Å². The molecule has 0 amide bonds. The number of fused-ring (bicyclic) bond motifs is 1. The van der Waals surface area contributed by atoms with Gasteiger partial charge in [0.25, 0.3) is 0 Å². The topological polar surface area (TPSA) is 66.5 Å². The molecule has 0 radical (unpaired) electrons. The maximum Gasteiger partial charge on any atom is 0.226 e. The van der Waals surface area contributed by atoms with Crippen LogP contribution in [0.1, 0.15) is 31.1 Å². The Morgan fingerprint density at radius 2 is 2.17 bits per heavy atom. The fourth-order valence-corrected chi connectivity index (χ4v) is 2.75. The highest BCUT2D eigenvalue weighted by atomic mass is 127. The minimum atomic E-state index is 0. The average Bonchev–Trinajstić information content (AvgIpc) is 3.20. The SMILES string of the molecule is CCNC(=NCCc1noc(CC)n1)N1CCc2ccccc21.I. The van der Waals surface area contributed by atoms with E-state index in [-0.39, 0.29) is 24.0 Å². The summed E-state index contributed by atoms with van der Waals surface area (Å²) in [6.45, 7) is 6.55. The molecule has 3 rings (SSSR count). The number of nitrogens with one attached hydrogen (secondary N) is 1. The van der Waals surface area contributed by atoms with Gasteiger partial charge < -0.3 is 14.7 Å². The molecule has 0 fully saturated rings. The molecule has 130 valence electrons. The highest BCUT2D eigenvalue weighted by Gasteiger charge is 2.22. The lowest BCUT2D eigenvalue weighted by molar-refractivity contribution is 0.376. The number of guanidine groups is 1. The van der Waals surface area contributed by atoms with Crippen molar-refractivity contribution in [1.82, 2.24) is 15.5 Å². The molecular formula is C17H24IN5O. The standard InChI is InChI=1S/C17H23N5O.HI/c1-3-16-20-15(21-23-16)9-11-19-17(18-4-2)22-12-10-13-7-5-6-8-14(13)22;/h5-8H,3-4,9-12H2,1-2H3,(H,18,19);1H. The van der Waals surface area contributed by atoms with E-state index in [4.69, 9.17) is 9.52 Å². The Hall–Kier alpha value is -1.64. The van der Waals surface area contributed by atoms with Gasteiger partial charge in [-0.3, -0.25) is 4.99 Å². The van der Waals surface area contributed by atoms with Gasteiger partial charge in [-0.1, -0.05) is 30.3 Å². The molecular weight excluding hydrogens is 417 g/mol. The quantitative estimate of drug-likeness (QED) is 0.439. The van der Waals surface area contributed by atoms with E-state index >= 15 is 0 Å². The summed E-state index contributed by atoms with van der Waals surface area (Å²) in [6, 6.07) is 8.51. The van der Waals surface area contributed by atoms with Crippen LogP contribution in [0.25, 0.3) is 0 Å². The van der Waals surface area contributed by atoms with Crippen LogP contribution < -0.4 is 10.2 Å². The van der Waals surface area contributed by atoms with Gasteiger partial charge in [-0.25, -0.2) is 0 Å². The van der Waals surface area contributed by atoms with Crippen molar-refractivity contribution in [3.8, 4) is 0 Å². The number of benzene rings is 1. The summed E-state index contributed by atoms with van der Waals surface area (Å²) in [5.41, 5.74) is 2.63. The van der Waals surface area contributed by atoms with Crippen molar-refractivity contribution < 1.29 is 4.52 Å². The second-order valence-corrected chi connectivity index (χ2v) is 5.47. The van der Waals surface area contributed by atoms with Crippen molar-refractivity contribution in [2.75, 3.05) is 24.5 Å². The number of hydrogen-bond acceptors (Lipinski definition) is 4. The summed E-state index contributed by atoms with van der Waals surface area (Å²) in [7, 11) is 0. The van der Waals surface area contributed by atoms with E-state index in [9.17, 15) is 0 Å². The molecule has 1 N–H and O–H groups in total. The number of aliphatic imine (C=N–C) groups is 1. The Balaban J connectivity index is 0.00000208. The van der Waals surface area contributed by atoms with E-state index in [1.54, 1.807) is 0 Å². The molecule has 2 heterocycles. The van der Waals surface area contributed by atoms with Crippen LogP contribution in [0.4, 0.5) is 5.69 Å². The van der Waals surface area contributed by atoms with Crippen LogP contribution in [0.2, 0.25) is 0 Å². The Morgan fingerprint density at radius 1 is 1.33 bits per heavy atom. The number of para-hydroxylation sites is 1. The van der Waals surface area contributed by atoms with E-state index in [0.29, 0.717) is 18.9 Å². The van der Waals surface area contributed by atoms with Crippen molar-refractivity contribution in [2.24, 2.45) is 4.99 Å². The van der Waals surface area contributed by atoms with Gasteiger partial charge in [0.2, 0.25) is 5.89 Å². The molecule has 1 aliphatic heterocycles. The summed E-state index contributed by atoms with van der Waals surface area (Å²) in [5.74, 6) is 2.34. The van der Waals surface area contributed by atoms with Gasteiger partial charge in [0.15, 0.2) is 11.8 Å². The Kier molecular flexibility index (Phi) is 7.01. The molecule has 6 nitrogen and oxygen atoms in total. The number of rotatable bonds is 5. The van der Waals surface area contributed by atoms with Gasteiger partial charge in [0, 0.05) is 38.2 Å². The van der Waals surface area contributed by atoms with Gasteiger partial charge in [-0.15, -0.1) is 24.0 Å². The van der Waals surface area contributed by atoms with E-state index in [2.05, 4.69) is 51.5 Å². The third-order valence-corrected chi connectivity index (χ3v) is 3.89. The molecule has 0 saturated carbocycles. The maximum atomic E-state index is 5.13. The van der Waals surface area contributed by atoms with Crippen LogP contribution in [0, 0.1) is 0 Å². The first-order valence-electron chi connectivity index (χ1n) is 8.27. The second-order valence-electron chi connectivity index (χ2n) is 5.47. The number of nitrogens with zero attached hydrogens (tertiary/aromatic N) is 4. The van der Waals surface area contributed by atoms with Gasteiger partial charge in [0.1, 0.15) is 0 Å². The van der Waals surface area contributed by atoms with Crippen molar-refractivity contribution in [2.45, 2.75) is 33.1 Å². The summed E-state index contributed by atoms with van der Waals surface area (Å²) < 4.78 is 5.13. The van der Waals surface area contributed by atoms with Crippen LogP contribution in [0.15, 0.2) is 33.8 Å². The highest BCUT2D eigenvalue weighted by molar-refractivity contribution is 14.0. The first kappa shape index (κ1) is 18.7. The molecule has 0 saturated heterocycles. The van der Waals surface area contributed by atoms with E-state index < -0.39 is 0 Å². The number of halogens is 1. The van der Waals surface area contributed by atoms with Crippen molar-refractivity contribution in [3.63, 3.8) is 0 Å². The monoisotopic (exact) mass is 441 g/mol. The first-order valence-corrected chi connectivity index (χ1v) is 8.27. The third-order valence-electron chi connectivity index (χ3n) is 3.89.